The van der Waals surface area contributed by atoms with Gasteiger partial charge >= 0.3 is 26.9 Å². The van der Waals surface area contributed by atoms with Crippen molar-refractivity contribution in [3.05, 3.63) is 70.6 Å². The van der Waals surface area contributed by atoms with Crippen LogP contribution in [0.5, 0.6) is 0 Å². The largest absolute Gasteiger partial charge is 0.472 e. The molecule has 8 saturated heterocycles. The molecule has 8 aliphatic heterocycles. The first kappa shape index (κ1) is 73.7. The number of phosphoric ester groups is 1. The highest BCUT2D eigenvalue weighted by atomic mass is 32.5. The Labute approximate surface area is 568 Å². The second-order valence-corrected chi connectivity index (χ2v) is 31.0. The van der Waals surface area contributed by atoms with Crippen LogP contribution in [0, 0.1) is 6.92 Å². The van der Waals surface area contributed by atoms with Gasteiger partial charge in [-0.05, 0) is 56.7 Å². The molecule has 7 aromatic heterocycles. The van der Waals surface area contributed by atoms with Gasteiger partial charge in [0.25, 0.3) is 5.56 Å². The molecule has 7 aromatic rings. The van der Waals surface area contributed by atoms with Crippen LogP contribution in [0.4, 0.5) is 17.5 Å². The Morgan fingerprint density at radius 2 is 1.10 bits per heavy atom. The second-order valence-electron chi connectivity index (χ2n) is 23.7. The summed E-state index contributed by atoms with van der Waals surface area (Å²) in [6.07, 6.45) is 6.84. The van der Waals surface area contributed by atoms with E-state index in [0.717, 1.165) is 7.11 Å². The summed E-state index contributed by atoms with van der Waals surface area (Å²) < 4.78 is 106. The van der Waals surface area contributed by atoms with Crippen molar-refractivity contribution < 1.29 is 93.8 Å². The van der Waals surface area contributed by atoms with Crippen LogP contribution in [0.2, 0.25) is 0 Å². The zero-order valence-corrected chi connectivity index (χ0v) is 59.0. The Kier molecular flexibility index (Phi) is 21.9. The van der Waals surface area contributed by atoms with Crippen molar-refractivity contribution in [1.29, 1.82) is 0 Å². The van der Waals surface area contributed by atoms with Gasteiger partial charge in [0.2, 0.25) is 0 Å². The number of nitrogens with one attached hydrogen (secondary N) is 2. The maximum atomic E-state index is 12.3. The van der Waals surface area contributed by atoms with E-state index in [2.05, 4.69) is 59.3 Å². The number of nitrogens with zero attached hydrogens (tertiary/aromatic N) is 12. The molecule has 39 nitrogen and oxygen atoms in total. The number of aryl methyl sites for hydroxylation is 1. The van der Waals surface area contributed by atoms with Crippen LogP contribution in [0.1, 0.15) is 77.6 Å². The first-order valence-corrected chi connectivity index (χ1v) is 37.3. The molecule has 98 heavy (non-hydrogen) atoms. The van der Waals surface area contributed by atoms with Gasteiger partial charge in [0.15, 0.2) is 53.1 Å². The van der Waals surface area contributed by atoms with E-state index >= 15 is 0 Å². The van der Waals surface area contributed by atoms with Gasteiger partial charge in [0.1, 0.15) is 107 Å². The molecule has 11 N–H and O–H groups in total. The summed E-state index contributed by atoms with van der Waals surface area (Å²) in [5.74, 6) is 0.976. The molecule has 44 heteroatoms. The van der Waals surface area contributed by atoms with E-state index in [1.165, 1.54) is 56.6 Å². The molecule has 8 fully saturated rings. The Hall–Kier alpha value is -5.50. The first-order valence-electron chi connectivity index (χ1n) is 30.6. The Morgan fingerprint density at radius 1 is 0.612 bits per heavy atom. The van der Waals surface area contributed by atoms with Crippen molar-refractivity contribution in [2.24, 2.45) is 0 Å². The average molecular weight is 1470 g/mol. The minimum absolute atomic E-state index is 0.0162. The molecule has 538 valence electrons. The molecular weight excluding hydrogens is 1400 g/mol. The van der Waals surface area contributed by atoms with E-state index in [1.54, 1.807) is 36.6 Å². The lowest BCUT2D eigenvalue weighted by Gasteiger charge is -2.38. The number of hydrogen-bond donors (Lipinski definition) is 8. The third kappa shape index (κ3) is 13.9. The molecule has 15 heterocycles. The molecule has 8 bridgehead atoms. The van der Waals surface area contributed by atoms with Gasteiger partial charge in [-0.25, -0.2) is 54.2 Å². The number of fused-ring (bicyclic) bond motifs is 11. The standard InChI is InChI=1S/C14H21N2O7PS.C13H18N5O6P.C13H18N5O5PS.C9H16O4.C5H5N5/c1-4-14-5-6-21-9(10(14)23-24(19,25)20-3)12(22-14)16-7-8(2)11(17)15-13(16)18;1-3-13-4-22-8(9(13)24-25(19,20)21-2)12(23-13)18-6-17-7-10(14)15-5-16-11(7)18;1-3-13-4-21-8(9(13)23-24(19,25)20-2)12(22-13)18-6-17-7-10(14)15-5-16-11(7)18;1-6-7-8(11-3)9(13-6,4-10-2)5-12-7;6-4-3-5(9-1-7-3)10-2-8-4/h7,9-10,12H,4-6H2,1-3H3,(H,19,25)(H,15,17,18);5-6,8-9,12H,3-4H2,1-2H3,(H,19,20)(H2,14,15,16);5-6,8-9,12H,3-4H2,1-2H3,(H,19,25)(H2,14,15,16);6-8H,4-5H2,1-3H3;1-2H,(H3,6,7,8,9,10)/t9?,10-,12-,14+,24?;8?,9-,12-,13+;8?,9-,12-,13+,24?;6-,7?,8+,9-;/m1110./s1. The number of aromatic amines is 2. The van der Waals surface area contributed by atoms with E-state index < -0.39 is 105 Å². The lowest BCUT2D eigenvalue weighted by Crippen LogP contribution is -2.49. The van der Waals surface area contributed by atoms with Crippen molar-refractivity contribution in [3.63, 3.8) is 0 Å². The molecule has 19 atom stereocenters. The maximum absolute atomic E-state index is 12.3. The number of aromatic nitrogens is 14. The number of anilines is 3. The minimum atomic E-state index is -4.20. The fourth-order valence-electron chi connectivity index (χ4n) is 13.2. The average Bonchev–Trinajstić information content (AvgIpc) is 1.58. The fourth-order valence-corrected chi connectivity index (χ4v) is 15.8. The van der Waals surface area contributed by atoms with Gasteiger partial charge in [0, 0.05) is 53.7 Å². The van der Waals surface area contributed by atoms with Crippen LogP contribution in [0.15, 0.2) is 53.7 Å². The summed E-state index contributed by atoms with van der Waals surface area (Å²) in [5.41, 5.74) is 17.0. The first-order chi connectivity index (χ1) is 46.6. The minimum Gasteiger partial charge on any atom is -0.382 e. The van der Waals surface area contributed by atoms with Gasteiger partial charge in [-0.2, -0.15) is 0 Å². The highest BCUT2D eigenvalue weighted by molar-refractivity contribution is 8.07. The Balaban J connectivity index is 0.000000128. The van der Waals surface area contributed by atoms with Gasteiger partial charge in [-0.1, -0.05) is 20.8 Å². The Morgan fingerprint density at radius 3 is 1.61 bits per heavy atom. The van der Waals surface area contributed by atoms with Crippen molar-refractivity contribution >= 4 is 95.8 Å². The van der Waals surface area contributed by atoms with E-state index in [1.807, 2.05) is 27.7 Å². The topological polar surface area (TPSA) is 500 Å². The molecule has 0 spiro atoms. The van der Waals surface area contributed by atoms with Crippen LogP contribution in [0.3, 0.4) is 0 Å². The monoisotopic (exact) mass is 1470 g/mol. The highest BCUT2D eigenvalue weighted by Crippen LogP contribution is 2.58. The second kappa shape index (κ2) is 29.1. The van der Waals surface area contributed by atoms with Crippen molar-refractivity contribution in [2.75, 3.05) is 85.8 Å². The number of phosphoric acid groups is 1. The van der Waals surface area contributed by atoms with Crippen molar-refractivity contribution in [3.8, 4) is 0 Å². The van der Waals surface area contributed by atoms with Crippen LogP contribution >= 0.6 is 21.3 Å². The number of nitrogens with two attached hydrogens (primary N) is 3. The molecule has 0 aromatic carbocycles. The molecule has 8 aliphatic rings. The van der Waals surface area contributed by atoms with Crippen LogP contribution in [-0.2, 0) is 103 Å². The van der Waals surface area contributed by atoms with E-state index in [0.29, 0.717) is 97.0 Å². The normalized spacial score (nSPS) is 33.4. The van der Waals surface area contributed by atoms with Crippen LogP contribution in [0.25, 0.3) is 33.5 Å². The number of ether oxygens (including phenoxy) is 10. The van der Waals surface area contributed by atoms with Gasteiger partial charge in [-0.3, -0.25) is 41.6 Å². The third-order valence-electron chi connectivity index (χ3n) is 18.3. The summed E-state index contributed by atoms with van der Waals surface area (Å²) in [4.78, 5) is 95.2. The number of rotatable bonds is 18. The predicted molar refractivity (Wildman–Crippen MR) is 349 cm³/mol. The van der Waals surface area contributed by atoms with E-state index in [-0.39, 0.29) is 42.2 Å². The zero-order valence-electron chi connectivity index (χ0n) is 54.7. The van der Waals surface area contributed by atoms with E-state index in [9.17, 15) is 28.8 Å². The molecule has 7 unspecified atom stereocenters. The number of hydrogen-bond acceptors (Lipinski definition) is 33. The quantitative estimate of drug-likeness (QED) is 0.0570. The number of H-pyrrole nitrogens is 2. The lowest BCUT2D eigenvalue weighted by molar-refractivity contribution is -0.173. The fraction of sp³-hybridized carbons (Fsp3) is 0.648. The number of methoxy groups -OCH3 is 2. The summed E-state index contributed by atoms with van der Waals surface area (Å²) >= 11 is 9.97. The number of nitrogen functional groups attached to an aromatic ring is 3. The summed E-state index contributed by atoms with van der Waals surface area (Å²) in [6, 6.07) is 0. The van der Waals surface area contributed by atoms with Crippen molar-refractivity contribution in [2.45, 2.75) is 156 Å². The molecule has 0 aliphatic carbocycles. The Bertz CT molecular complexity index is 4140. The highest BCUT2D eigenvalue weighted by Gasteiger charge is 2.66. The third-order valence-corrected chi connectivity index (χ3v) is 22.6. The van der Waals surface area contributed by atoms with Crippen LogP contribution < -0.4 is 28.5 Å². The summed E-state index contributed by atoms with van der Waals surface area (Å²) in [5, 5.41) is 0. The molecule has 15 rings (SSSR count). The summed E-state index contributed by atoms with van der Waals surface area (Å²) in [7, 11) is 2.86. The molecule has 0 saturated carbocycles. The lowest BCUT2D eigenvalue weighted by atomic mass is 9.87. The van der Waals surface area contributed by atoms with Gasteiger partial charge in [-0.15, -0.1) is 0 Å². The smallest absolute Gasteiger partial charge is 0.382 e. The summed E-state index contributed by atoms with van der Waals surface area (Å²) in [6.45, 7) is 4.70. The zero-order chi connectivity index (χ0) is 70.5. The van der Waals surface area contributed by atoms with Gasteiger partial charge in [0.05, 0.1) is 58.1 Å². The van der Waals surface area contributed by atoms with Crippen molar-refractivity contribution in [1.82, 2.24) is 68.5 Å². The van der Waals surface area contributed by atoms with Gasteiger partial charge < -0.3 is 93.3 Å². The number of imidazole rings is 3. The SMILES string of the molecule is CC[C@@]12CCOC([C@H](n3cc(C)c(=O)[nH]c3=O)O1)[C@H]2OP(O)(=S)OC.CC[C@@]12COC([C@H](n3cnc4c(N)ncnc43)O1)[C@H]2OP(=O)(O)OC.CC[C@@]12COC([C@H](n3cnc4c(N)ncnc43)O1)[C@H]2OP(O)(=S)OC.COC[C@@]12COC([C@H](C)O1)[C@H]2OC.Nc1ncnc2nc[nH]c12. The molecule has 0 amide bonds. The molecule has 0 radical (unpaired) electrons. The predicted octanol–water partition coefficient (Wildman–Crippen LogP) is 2.05. The van der Waals surface area contributed by atoms with Crippen LogP contribution in [-0.4, -0.2) is 229 Å². The van der Waals surface area contributed by atoms with E-state index in [4.69, 9.17) is 111 Å². The molecular formula is C54H78N17O22P3S2. The maximum Gasteiger partial charge on any atom is 0.472 e.